The first-order valence-corrected chi connectivity index (χ1v) is 4.68. The van der Waals surface area contributed by atoms with E-state index in [-0.39, 0.29) is 11.5 Å². The van der Waals surface area contributed by atoms with E-state index >= 15 is 0 Å². The molecular formula is C11H11NO5. The Hall–Kier alpha value is -2.50. The molecular weight excluding hydrogens is 226 g/mol. The van der Waals surface area contributed by atoms with Gasteiger partial charge in [0.25, 0.3) is 0 Å². The van der Waals surface area contributed by atoms with Crippen LogP contribution >= 0.6 is 0 Å². The smallest absolute Gasteiger partial charge is 0.322 e. The lowest BCUT2D eigenvalue weighted by atomic mass is 10.2. The molecule has 6 heteroatoms. The van der Waals surface area contributed by atoms with Crippen molar-refractivity contribution in [3.8, 4) is 11.5 Å². The van der Waals surface area contributed by atoms with Crippen molar-refractivity contribution >= 4 is 18.0 Å². The zero-order valence-corrected chi connectivity index (χ0v) is 8.75. The molecule has 17 heavy (non-hydrogen) atoms. The number of rotatable bonds is 4. The Morgan fingerprint density at radius 1 is 1.24 bits per heavy atom. The number of benzene rings is 1. The van der Waals surface area contributed by atoms with E-state index in [0.29, 0.717) is 5.56 Å². The average molecular weight is 237 g/mol. The Morgan fingerprint density at radius 3 is 2.53 bits per heavy atom. The number of phenolic OH excluding ortho intramolecular Hbond substituents is 2. The average Bonchev–Trinajstić information content (AvgIpc) is 2.28. The normalized spacial score (nSPS) is 10.4. The van der Waals surface area contributed by atoms with Crippen LogP contribution in [0.2, 0.25) is 0 Å². The summed E-state index contributed by atoms with van der Waals surface area (Å²) >= 11 is 0. The minimum Gasteiger partial charge on any atom is -0.504 e. The lowest BCUT2D eigenvalue weighted by molar-refractivity contribution is -0.137. The first-order chi connectivity index (χ1) is 7.99. The number of carbonyl (C=O) groups is 2. The van der Waals surface area contributed by atoms with Gasteiger partial charge in [0.1, 0.15) is 6.54 Å². The van der Waals surface area contributed by atoms with E-state index in [1.165, 1.54) is 24.3 Å². The van der Waals surface area contributed by atoms with Gasteiger partial charge in [0.15, 0.2) is 11.5 Å². The van der Waals surface area contributed by atoms with Crippen LogP contribution in [0.1, 0.15) is 5.56 Å². The second-order valence-electron chi connectivity index (χ2n) is 3.19. The number of carboxylic acids is 1. The zero-order valence-electron chi connectivity index (χ0n) is 8.75. The third kappa shape index (κ3) is 4.25. The lowest BCUT2D eigenvalue weighted by Gasteiger charge is -1.99. The molecule has 4 N–H and O–H groups in total. The molecule has 90 valence electrons. The molecule has 1 amide bonds. The van der Waals surface area contributed by atoms with Gasteiger partial charge in [-0.2, -0.15) is 0 Å². The summed E-state index contributed by atoms with van der Waals surface area (Å²) < 4.78 is 0. The molecule has 0 bridgehead atoms. The summed E-state index contributed by atoms with van der Waals surface area (Å²) in [6.45, 7) is -0.454. The first-order valence-electron chi connectivity index (χ1n) is 4.68. The Kier molecular flexibility index (Phi) is 4.10. The van der Waals surface area contributed by atoms with Crippen LogP contribution < -0.4 is 5.32 Å². The van der Waals surface area contributed by atoms with Gasteiger partial charge in [-0.25, -0.2) is 0 Å². The third-order valence-corrected chi connectivity index (χ3v) is 1.84. The predicted octanol–water partition coefficient (Wildman–Crippen LogP) is 0.312. The van der Waals surface area contributed by atoms with Crippen molar-refractivity contribution in [2.75, 3.05) is 6.54 Å². The fourth-order valence-corrected chi connectivity index (χ4v) is 1.04. The van der Waals surface area contributed by atoms with Crippen molar-refractivity contribution in [3.05, 3.63) is 29.8 Å². The van der Waals surface area contributed by atoms with Crippen molar-refractivity contribution in [1.29, 1.82) is 0 Å². The summed E-state index contributed by atoms with van der Waals surface area (Å²) in [6.07, 6.45) is 2.52. The Balaban J connectivity index is 2.61. The van der Waals surface area contributed by atoms with Crippen LogP contribution in [0.25, 0.3) is 6.08 Å². The zero-order chi connectivity index (χ0) is 12.8. The van der Waals surface area contributed by atoms with Gasteiger partial charge in [-0.1, -0.05) is 6.07 Å². The molecule has 0 fully saturated rings. The van der Waals surface area contributed by atoms with Gasteiger partial charge in [0.2, 0.25) is 5.91 Å². The van der Waals surface area contributed by atoms with Crippen molar-refractivity contribution in [2.45, 2.75) is 0 Å². The number of carbonyl (C=O) groups excluding carboxylic acids is 1. The highest BCUT2D eigenvalue weighted by Gasteiger charge is 2.00. The maximum absolute atomic E-state index is 11.1. The molecule has 6 nitrogen and oxygen atoms in total. The minimum atomic E-state index is -1.13. The van der Waals surface area contributed by atoms with E-state index in [0.717, 1.165) is 6.08 Å². The van der Waals surface area contributed by atoms with Crippen molar-refractivity contribution in [2.24, 2.45) is 0 Å². The molecule has 1 rings (SSSR count). The summed E-state index contributed by atoms with van der Waals surface area (Å²) in [5.74, 6) is -2.23. The highest BCUT2D eigenvalue weighted by molar-refractivity contribution is 5.93. The van der Waals surface area contributed by atoms with E-state index in [1.54, 1.807) is 0 Å². The molecule has 0 unspecified atom stereocenters. The van der Waals surface area contributed by atoms with Gasteiger partial charge in [0.05, 0.1) is 0 Å². The van der Waals surface area contributed by atoms with E-state index < -0.39 is 18.4 Å². The topological polar surface area (TPSA) is 107 Å². The molecule has 1 aromatic rings. The van der Waals surface area contributed by atoms with E-state index in [9.17, 15) is 14.7 Å². The standard InChI is InChI=1S/C11H11NO5/c13-8-3-1-7(5-9(8)14)2-4-10(15)12-6-11(16)17/h1-5,13-14H,6H2,(H,12,15)(H,16,17)/b4-2-. The van der Waals surface area contributed by atoms with Crippen molar-refractivity contribution < 1.29 is 24.9 Å². The second-order valence-corrected chi connectivity index (χ2v) is 3.19. The summed E-state index contributed by atoms with van der Waals surface area (Å²) in [7, 11) is 0. The molecule has 0 saturated heterocycles. The molecule has 0 saturated carbocycles. The van der Waals surface area contributed by atoms with Crippen molar-refractivity contribution in [1.82, 2.24) is 5.32 Å². The highest BCUT2D eigenvalue weighted by Crippen LogP contribution is 2.25. The van der Waals surface area contributed by atoms with E-state index in [1.807, 2.05) is 0 Å². The monoisotopic (exact) mass is 237 g/mol. The number of amides is 1. The SMILES string of the molecule is O=C(O)CNC(=O)/C=C\c1ccc(O)c(O)c1. The van der Waals surface area contributed by atoms with Gasteiger partial charge in [0, 0.05) is 6.08 Å². The Morgan fingerprint density at radius 2 is 1.94 bits per heavy atom. The largest absolute Gasteiger partial charge is 0.504 e. The number of carboxylic acid groups (broad SMARTS) is 1. The maximum Gasteiger partial charge on any atom is 0.322 e. The van der Waals surface area contributed by atoms with E-state index in [4.69, 9.17) is 10.2 Å². The van der Waals surface area contributed by atoms with Crippen LogP contribution in [0, 0.1) is 0 Å². The minimum absolute atomic E-state index is 0.252. The molecule has 1 aromatic carbocycles. The van der Waals surface area contributed by atoms with Crippen LogP contribution in [0.15, 0.2) is 24.3 Å². The molecule has 0 atom stereocenters. The Bertz CT molecular complexity index is 467. The maximum atomic E-state index is 11.1. The van der Waals surface area contributed by atoms with Crippen LogP contribution in [0.4, 0.5) is 0 Å². The van der Waals surface area contributed by atoms with Crippen LogP contribution in [-0.4, -0.2) is 33.7 Å². The number of aromatic hydroxyl groups is 2. The van der Waals surface area contributed by atoms with E-state index in [2.05, 4.69) is 5.32 Å². The molecule has 0 aromatic heterocycles. The summed E-state index contributed by atoms with van der Waals surface area (Å²) in [5.41, 5.74) is 0.505. The number of nitrogens with one attached hydrogen (secondary N) is 1. The summed E-state index contributed by atoms with van der Waals surface area (Å²) in [6, 6.07) is 4.05. The summed E-state index contributed by atoms with van der Waals surface area (Å²) in [4.78, 5) is 21.3. The molecule has 0 aliphatic rings. The van der Waals surface area contributed by atoms with Gasteiger partial charge < -0.3 is 20.6 Å². The lowest BCUT2D eigenvalue weighted by Crippen LogP contribution is -2.27. The molecule has 0 aliphatic carbocycles. The molecule has 0 heterocycles. The summed E-state index contributed by atoms with van der Waals surface area (Å²) in [5, 5.41) is 28.7. The van der Waals surface area contributed by atoms with Crippen molar-refractivity contribution in [3.63, 3.8) is 0 Å². The van der Waals surface area contributed by atoms with Crippen LogP contribution in [0.5, 0.6) is 11.5 Å². The van der Waals surface area contributed by atoms with Crippen LogP contribution in [-0.2, 0) is 9.59 Å². The predicted molar refractivity (Wildman–Crippen MR) is 59.5 cm³/mol. The molecule has 0 aliphatic heterocycles. The van der Waals surface area contributed by atoms with Crippen LogP contribution in [0.3, 0.4) is 0 Å². The second kappa shape index (κ2) is 5.55. The van der Waals surface area contributed by atoms with Gasteiger partial charge in [-0.05, 0) is 23.8 Å². The fourth-order valence-electron chi connectivity index (χ4n) is 1.04. The fraction of sp³-hybridized carbons (Fsp3) is 0.0909. The Labute approximate surface area is 96.8 Å². The van der Waals surface area contributed by atoms with Gasteiger partial charge >= 0.3 is 5.97 Å². The number of hydrogen-bond acceptors (Lipinski definition) is 4. The number of aliphatic carboxylic acids is 1. The number of phenols is 2. The molecule has 0 radical (unpaired) electrons. The third-order valence-electron chi connectivity index (χ3n) is 1.84. The van der Waals surface area contributed by atoms with Gasteiger partial charge in [-0.15, -0.1) is 0 Å². The number of hydrogen-bond donors (Lipinski definition) is 4. The highest BCUT2D eigenvalue weighted by atomic mass is 16.4. The van der Waals surface area contributed by atoms with Gasteiger partial charge in [-0.3, -0.25) is 9.59 Å². The molecule has 0 spiro atoms. The quantitative estimate of drug-likeness (QED) is 0.445. The first kappa shape index (κ1) is 12.6.